The third-order valence-corrected chi connectivity index (χ3v) is 3.75. The van der Waals surface area contributed by atoms with Crippen molar-refractivity contribution < 1.29 is 14.6 Å². The van der Waals surface area contributed by atoms with Crippen LogP contribution >= 0.6 is 0 Å². The Labute approximate surface area is 126 Å². The molecule has 1 aromatic heterocycles. The minimum Gasteiger partial charge on any atom is -0.493 e. The van der Waals surface area contributed by atoms with Gasteiger partial charge in [-0.05, 0) is 21.1 Å². The average Bonchev–Trinajstić information content (AvgIpc) is 2.87. The highest BCUT2D eigenvalue weighted by molar-refractivity contribution is 5.28. The van der Waals surface area contributed by atoms with Gasteiger partial charge < -0.3 is 24.4 Å². The van der Waals surface area contributed by atoms with Crippen LogP contribution in [0, 0.1) is 0 Å². The molecule has 2 heterocycles. The van der Waals surface area contributed by atoms with Gasteiger partial charge in [0.15, 0.2) is 5.75 Å². The van der Waals surface area contributed by atoms with Gasteiger partial charge in [0.05, 0.1) is 26.5 Å². The van der Waals surface area contributed by atoms with Crippen LogP contribution in [0.25, 0.3) is 0 Å². The quantitative estimate of drug-likeness (QED) is 0.786. The molecule has 2 rings (SSSR count). The highest BCUT2D eigenvalue weighted by Crippen LogP contribution is 2.29. The Morgan fingerprint density at radius 1 is 1.57 bits per heavy atom. The molecule has 0 aliphatic carbocycles. The molecule has 1 aliphatic rings. The molecule has 0 bridgehead atoms. The number of aliphatic hydroxyl groups is 1. The Bertz CT molecular complexity index is 449. The van der Waals surface area contributed by atoms with Crippen LogP contribution in [0.1, 0.15) is 11.8 Å². The number of aliphatic hydroxyl groups excluding tert-OH is 1. The zero-order valence-electron chi connectivity index (χ0n) is 13.3. The number of likely N-dealkylation sites (N-methyl/N-ethyl adjacent to an activating group) is 2. The summed E-state index contributed by atoms with van der Waals surface area (Å²) in [4.78, 5) is 4.24. The van der Waals surface area contributed by atoms with Gasteiger partial charge in [0.2, 0.25) is 0 Å². The summed E-state index contributed by atoms with van der Waals surface area (Å²) in [6.45, 7) is 3.76. The third-order valence-electron chi connectivity index (χ3n) is 3.75. The lowest BCUT2D eigenvalue weighted by Gasteiger charge is -2.33. The smallest absolute Gasteiger partial charge is 0.162 e. The first-order chi connectivity index (χ1) is 10.0. The van der Waals surface area contributed by atoms with Gasteiger partial charge in [0, 0.05) is 19.6 Å². The van der Waals surface area contributed by atoms with E-state index in [1.165, 1.54) is 0 Å². The standard InChI is InChI=1S/C14H26N4O3/c1-16(2)5-6-18-13(11(20-4)9-15-18)14(19)12-10-17(3)7-8-21-12/h9,12,14,19H,5-8,10H2,1-4H3. The minimum absolute atomic E-state index is 0.257. The first-order valence-corrected chi connectivity index (χ1v) is 7.25. The van der Waals surface area contributed by atoms with E-state index in [1.807, 2.05) is 25.8 Å². The molecular formula is C14H26N4O3. The fraction of sp³-hybridized carbons (Fsp3) is 0.786. The molecule has 0 spiro atoms. The van der Waals surface area contributed by atoms with Gasteiger partial charge in [-0.1, -0.05) is 0 Å². The normalized spacial score (nSPS) is 21.7. The van der Waals surface area contributed by atoms with E-state index >= 15 is 0 Å². The topological polar surface area (TPSA) is 63.0 Å². The van der Waals surface area contributed by atoms with Gasteiger partial charge in [0.25, 0.3) is 0 Å². The Balaban J connectivity index is 2.17. The number of hydrogen-bond acceptors (Lipinski definition) is 6. The van der Waals surface area contributed by atoms with Gasteiger partial charge >= 0.3 is 0 Å². The summed E-state index contributed by atoms with van der Waals surface area (Å²) in [5.74, 6) is 0.609. The second kappa shape index (κ2) is 7.22. The molecule has 1 fully saturated rings. The second-order valence-corrected chi connectivity index (χ2v) is 5.74. The van der Waals surface area contributed by atoms with Crippen LogP contribution < -0.4 is 4.74 Å². The van der Waals surface area contributed by atoms with Gasteiger partial charge in [-0.25, -0.2) is 0 Å². The Hall–Kier alpha value is -1.15. The van der Waals surface area contributed by atoms with Crippen LogP contribution in [0.5, 0.6) is 5.75 Å². The lowest BCUT2D eigenvalue weighted by atomic mass is 10.1. The second-order valence-electron chi connectivity index (χ2n) is 5.74. The molecule has 7 heteroatoms. The molecule has 0 amide bonds. The summed E-state index contributed by atoms with van der Waals surface area (Å²) in [5, 5.41) is 15.0. The minimum atomic E-state index is -0.743. The summed E-state index contributed by atoms with van der Waals surface area (Å²) in [5.41, 5.74) is 0.694. The molecule has 21 heavy (non-hydrogen) atoms. The van der Waals surface area contributed by atoms with Crippen molar-refractivity contribution in [2.45, 2.75) is 18.8 Å². The van der Waals surface area contributed by atoms with Crippen LogP contribution in [0.2, 0.25) is 0 Å². The monoisotopic (exact) mass is 298 g/mol. The summed E-state index contributed by atoms with van der Waals surface area (Å²) >= 11 is 0. The summed E-state index contributed by atoms with van der Waals surface area (Å²) in [6.07, 6.45) is 0.653. The number of rotatable bonds is 6. The summed E-state index contributed by atoms with van der Waals surface area (Å²) in [6, 6.07) is 0. The molecule has 2 atom stereocenters. The first-order valence-electron chi connectivity index (χ1n) is 7.25. The average molecular weight is 298 g/mol. The molecular weight excluding hydrogens is 272 g/mol. The van der Waals surface area contributed by atoms with E-state index in [0.29, 0.717) is 31.1 Å². The van der Waals surface area contributed by atoms with Crippen LogP contribution in [0.4, 0.5) is 0 Å². The molecule has 1 saturated heterocycles. The fourth-order valence-electron chi connectivity index (χ4n) is 2.48. The number of morpholine rings is 1. The van der Waals surface area contributed by atoms with Crippen LogP contribution in [0.3, 0.4) is 0 Å². The first kappa shape index (κ1) is 16.2. The largest absolute Gasteiger partial charge is 0.493 e. The van der Waals surface area contributed by atoms with Gasteiger partial charge in [-0.3, -0.25) is 4.68 Å². The van der Waals surface area contributed by atoms with E-state index in [9.17, 15) is 5.11 Å². The van der Waals surface area contributed by atoms with Crippen molar-refractivity contribution in [2.24, 2.45) is 0 Å². The van der Waals surface area contributed by atoms with Gasteiger partial charge in [-0.2, -0.15) is 5.10 Å². The maximum absolute atomic E-state index is 10.7. The molecule has 1 N–H and O–H groups in total. The van der Waals surface area contributed by atoms with Crippen LogP contribution in [-0.2, 0) is 11.3 Å². The molecule has 1 aliphatic heterocycles. The molecule has 2 unspecified atom stereocenters. The van der Waals surface area contributed by atoms with Crippen molar-refractivity contribution in [1.29, 1.82) is 0 Å². The molecule has 0 saturated carbocycles. The zero-order chi connectivity index (χ0) is 15.4. The lowest BCUT2D eigenvalue weighted by molar-refractivity contribution is -0.0874. The number of nitrogens with zero attached hydrogens (tertiary/aromatic N) is 4. The number of ether oxygens (including phenoxy) is 2. The predicted octanol–water partition coefficient (Wildman–Crippen LogP) is -0.183. The molecule has 120 valence electrons. The predicted molar refractivity (Wildman–Crippen MR) is 79.5 cm³/mol. The van der Waals surface area contributed by atoms with Crippen molar-refractivity contribution in [1.82, 2.24) is 19.6 Å². The third kappa shape index (κ3) is 3.94. The SMILES string of the molecule is COc1cnn(CCN(C)C)c1C(O)C1CN(C)CCO1. The van der Waals surface area contributed by atoms with Gasteiger partial charge in [0.1, 0.15) is 17.9 Å². The Morgan fingerprint density at radius 2 is 2.33 bits per heavy atom. The van der Waals surface area contributed by atoms with Crippen molar-refractivity contribution in [3.63, 3.8) is 0 Å². The molecule has 0 radical (unpaired) electrons. The number of aromatic nitrogens is 2. The van der Waals surface area contributed by atoms with E-state index in [2.05, 4.69) is 14.9 Å². The maximum atomic E-state index is 10.7. The molecule has 0 aromatic carbocycles. The van der Waals surface area contributed by atoms with Crippen LogP contribution in [0.15, 0.2) is 6.20 Å². The van der Waals surface area contributed by atoms with E-state index in [-0.39, 0.29) is 6.10 Å². The maximum Gasteiger partial charge on any atom is 0.162 e. The van der Waals surface area contributed by atoms with Crippen molar-refractivity contribution in [2.75, 3.05) is 54.5 Å². The van der Waals surface area contributed by atoms with Crippen molar-refractivity contribution >= 4 is 0 Å². The Kier molecular flexibility index (Phi) is 5.58. The Morgan fingerprint density at radius 3 is 2.95 bits per heavy atom. The number of methoxy groups -OCH3 is 1. The van der Waals surface area contributed by atoms with Gasteiger partial charge in [-0.15, -0.1) is 0 Å². The number of hydrogen-bond donors (Lipinski definition) is 1. The summed E-state index contributed by atoms with van der Waals surface area (Å²) < 4.78 is 12.9. The zero-order valence-corrected chi connectivity index (χ0v) is 13.3. The van der Waals surface area contributed by atoms with Crippen molar-refractivity contribution in [3.05, 3.63) is 11.9 Å². The fourth-order valence-corrected chi connectivity index (χ4v) is 2.48. The van der Waals surface area contributed by atoms with E-state index in [0.717, 1.165) is 13.1 Å². The highest BCUT2D eigenvalue weighted by Gasteiger charge is 2.31. The molecule has 7 nitrogen and oxygen atoms in total. The van der Waals surface area contributed by atoms with Crippen molar-refractivity contribution in [3.8, 4) is 5.75 Å². The molecule has 1 aromatic rings. The van der Waals surface area contributed by atoms with Crippen LogP contribution in [-0.4, -0.2) is 85.3 Å². The summed E-state index contributed by atoms with van der Waals surface area (Å²) in [7, 11) is 7.65. The van der Waals surface area contributed by atoms with E-state index in [1.54, 1.807) is 13.3 Å². The lowest BCUT2D eigenvalue weighted by Crippen LogP contribution is -2.43. The highest BCUT2D eigenvalue weighted by atomic mass is 16.5. The van der Waals surface area contributed by atoms with E-state index in [4.69, 9.17) is 9.47 Å². The van der Waals surface area contributed by atoms with E-state index < -0.39 is 6.10 Å².